The van der Waals surface area contributed by atoms with Gasteiger partial charge in [-0.15, -0.1) is 12.4 Å². The Kier molecular flexibility index (Phi) is 8.76. The molecular formula is C8H18ClNO2. The molecule has 0 bridgehead atoms. The van der Waals surface area contributed by atoms with Crippen molar-refractivity contribution >= 4 is 18.4 Å². The smallest absolute Gasteiger partial charge is 0.320 e. The van der Waals surface area contributed by atoms with Gasteiger partial charge in [-0.3, -0.25) is 4.79 Å². The molecule has 0 spiro atoms. The van der Waals surface area contributed by atoms with Gasteiger partial charge in [-0.2, -0.15) is 0 Å². The molecule has 2 atom stereocenters. The number of rotatable bonds is 5. The summed E-state index contributed by atoms with van der Waals surface area (Å²) in [4.78, 5) is 10.3. The summed E-state index contributed by atoms with van der Waals surface area (Å²) < 4.78 is 0. The number of carboxylic acid groups (broad SMARTS) is 1. The Bertz CT molecular complexity index is 130. The van der Waals surface area contributed by atoms with Crippen LogP contribution in [0.15, 0.2) is 0 Å². The number of carboxylic acids is 1. The minimum absolute atomic E-state index is 0. The fourth-order valence-electron chi connectivity index (χ4n) is 1.14. The van der Waals surface area contributed by atoms with Crippen molar-refractivity contribution in [3.05, 3.63) is 0 Å². The van der Waals surface area contributed by atoms with Crippen molar-refractivity contribution in [2.24, 2.45) is 11.7 Å². The average molecular weight is 196 g/mol. The van der Waals surface area contributed by atoms with Gasteiger partial charge in [0.25, 0.3) is 0 Å². The van der Waals surface area contributed by atoms with E-state index in [1.54, 1.807) is 0 Å². The lowest BCUT2D eigenvalue weighted by Crippen LogP contribution is -2.31. The number of hydrogen-bond donors (Lipinski definition) is 2. The third kappa shape index (κ3) is 6.43. The van der Waals surface area contributed by atoms with Crippen LogP contribution >= 0.6 is 12.4 Å². The molecule has 0 aromatic heterocycles. The molecular weight excluding hydrogens is 178 g/mol. The molecule has 0 unspecified atom stereocenters. The quantitative estimate of drug-likeness (QED) is 0.701. The van der Waals surface area contributed by atoms with Crippen molar-refractivity contribution in [1.82, 2.24) is 0 Å². The van der Waals surface area contributed by atoms with Crippen LogP contribution in [0.25, 0.3) is 0 Å². The van der Waals surface area contributed by atoms with Crippen molar-refractivity contribution in [3.8, 4) is 0 Å². The summed E-state index contributed by atoms with van der Waals surface area (Å²) in [5, 5.41) is 8.47. The first kappa shape index (κ1) is 14.3. The third-order valence-electron chi connectivity index (χ3n) is 1.75. The first-order chi connectivity index (χ1) is 5.07. The van der Waals surface area contributed by atoms with Crippen LogP contribution in [0.3, 0.4) is 0 Å². The summed E-state index contributed by atoms with van der Waals surface area (Å²) in [6.07, 6.45) is 2.73. The summed E-state index contributed by atoms with van der Waals surface area (Å²) >= 11 is 0. The lowest BCUT2D eigenvalue weighted by Gasteiger charge is -2.12. The molecule has 3 N–H and O–H groups in total. The maximum absolute atomic E-state index is 10.3. The fraction of sp³-hybridized carbons (Fsp3) is 0.875. The van der Waals surface area contributed by atoms with Crippen LogP contribution in [0, 0.1) is 5.92 Å². The summed E-state index contributed by atoms with van der Waals surface area (Å²) in [6.45, 7) is 4.12. The van der Waals surface area contributed by atoms with E-state index in [0.717, 1.165) is 12.8 Å². The van der Waals surface area contributed by atoms with E-state index in [9.17, 15) is 4.79 Å². The van der Waals surface area contributed by atoms with Crippen molar-refractivity contribution < 1.29 is 9.90 Å². The predicted octanol–water partition coefficient (Wildman–Crippen LogP) is 1.65. The molecule has 0 heterocycles. The summed E-state index contributed by atoms with van der Waals surface area (Å²) in [6, 6.07) is -0.684. The van der Waals surface area contributed by atoms with Crippen molar-refractivity contribution in [2.45, 2.75) is 39.2 Å². The third-order valence-corrected chi connectivity index (χ3v) is 1.75. The maximum atomic E-state index is 10.3. The minimum atomic E-state index is -0.895. The number of hydrogen-bond acceptors (Lipinski definition) is 2. The topological polar surface area (TPSA) is 63.3 Å². The second-order valence-electron chi connectivity index (χ2n) is 3.07. The highest BCUT2D eigenvalue weighted by Gasteiger charge is 2.14. The Hall–Kier alpha value is -0.280. The van der Waals surface area contributed by atoms with Gasteiger partial charge in [0.2, 0.25) is 0 Å². The highest BCUT2D eigenvalue weighted by atomic mass is 35.5. The van der Waals surface area contributed by atoms with Gasteiger partial charge in [-0.25, -0.2) is 0 Å². The van der Waals surface area contributed by atoms with Gasteiger partial charge in [0.05, 0.1) is 0 Å². The monoisotopic (exact) mass is 195 g/mol. The molecule has 0 aromatic rings. The molecule has 0 radical (unpaired) electrons. The standard InChI is InChI=1S/C8H17NO2.ClH/c1-3-4-6(2)5-7(9)8(10)11;/h6-7H,3-5,9H2,1-2H3,(H,10,11);1H/t6-,7-;/m1./s1. The maximum Gasteiger partial charge on any atom is 0.320 e. The summed E-state index contributed by atoms with van der Waals surface area (Å²) in [7, 11) is 0. The second kappa shape index (κ2) is 7.37. The summed E-state index contributed by atoms with van der Waals surface area (Å²) in [5.74, 6) is -0.473. The molecule has 0 amide bonds. The van der Waals surface area contributed by atoms with Gasteiger partial charge < -0.3 is 10.8 Å². The van der Waals surface area contributed by atoms with E-state index in [1.807, 2.05) is 6.92 Å². The number of aliphatic carboxylic acids is 1. The van der Waals surface area contributed by atoms with Crippen LogP contribution in [0.4, 0.5) is 0 Å². The van der Waals surface area contributed by atoms with Gasteiger partial charge in [-0.1, -0.05) is 26.7 Å². The van der Waals surface area contributed by atoms with E-state index >= 15 is 0 Å². The van der Waals surface area contributed by atoms with Gasteiger partial charge in [-0.05, 0) is 12.3 Å². The van der Waals surface area contributed by atoms with E-state index in [4.69, 9.17) is 10.8 Å². The Morgan fingerprint density at radius 2 is 2.08 bits per heavy atom. The lowest BCUT2D eigenvalue weighted by atomic mass is 9.98. The number of carbonyl (C=O) groups is 1. The first-order valence-electron chi connectivity index (χ1n) is 4.06. The van der Waals surface area contributed by atoms with Gasteiger partial charge >= 0.3 is 5.97 Å². The molecule has 0 aliphatic carbocycles. The van der Waals surface area contributed by atoms with Crippen LogP contribution in [-0.2, 0) is 4.79 Å². The van der Waals surface area contributed by atoms with E-state index in [2.05, 4.69) is 6.92 Å². The first-order valence-corrected chi connectivity index (χ1v) is 4.06. The van der Waals surface area contributed by atoms with Crippen molar-refractivity contribution in [1.29, 1.82) is 0 Å². The van der Waals surface area contributed by atoms with E-state index in [-0.39, 0.29) is 12.4 Å². The molecule has 0 aliphatic heterocycles. The van der Waals surface area contributed by atoms with Gasteiger partial charge in [0.15, 0.2) is 0 Å². The SMILES string of the molecule is CCC[C@@H](C)C[C@@H](N)C(=O)O.Cl. The Morgan fingerprint density at radius 3 is 2.42 bits per heavy atom. The molecule has 4 heteroatoms. The van der Waals surface area contributed by atoms with E-state index < -0.39 is 12.0 Å². The summed E-state index contributed by atoms with van der Waals surface area (Å²) in [5.41, 5.74) is 5.35. The van der Waals surface area contributed by atoms with Crippen molar-refractivity contribution in [2.75, 3.05) is 0 Å². The van der Waals surface area contributed by atoms with Crippen LogP contribution in [-0.4, -0.2) is 17.1 Å². The van der Waals surface area contributed by atoms with Gasteiger partial charge in [0.1, 0.15) is 6.04 Å². The highest BCUT2D eigenvalue weighted by Crippen LogP contribution is 2.11. The molecule has 0 aromatic carbocycles. The molecule has 12 heavy (non-hydrogen) atoms. The fourth-order valence-corrected chi connectivity index (χ4v) is 1.14. The zero-order valence-electron chi connectivity index (χ0n) is 7.62. The van der Waals surface area contributed by atoms with Crippen LogP contribution in [0.1, 0.15) is 33.1 Å². The van der Waals surface area contributed by atoms with Crippen LogP contribution in [0.2, 0.25) is 0 Å². The minimum Gasteiger partial charge on any atom is -0.480 e. The zero-order chi connectivity index (χ0) is 8.85. The Morgan fingerprint density at radius 1 is 1.58 bits per heavy atom. The largest absolute Gasteiger partial charge is 0.480 e. The highest BCUT2D eigenvalue weighted by molar-refractivity contribution is 5.85. The number of halogens is 1. The molecule has 0 rings (SSSR count). The van der Waals surface area contributed by atoms with Gasteiger partial charge in [0, 0.05) is 0 Å². The predicted molar refractivity (Wildman–Crippen MR) is 51.5 cm³/mol. The zero-order valence-corrected chi connectivity index (χ0v) is 8.43. The molecule has 0 aliphatic rings. The Balaban J connectivity index is 0. The average Bonchev–Trinajstić information content (AvgIpc) is 1.87. The van der Waals surface area contributed by atoms with Crippen LogP contribution in [0.5, 0.6) is 0 Å². The van der Waals surface area contributed by atoms with E-state index in [1.165, 1.54) is 0 Å². The molecule has 0 saturated carbocycles. The Labute approximate surface area is 79.7 Å². The normalized spacial score (nSPS) is 14.6. The molecule has 0 fully saturated rings. The molecule has 0 saturated heterocycles. The van der Waals surface area contributed by atoms with Crippen LogP contribution < -0.4 is 5.73 Å². The lowest BCUT2D eigenvalue weighted by molar-refractivity contribution is -0.138. The van der Waals surface area contributed by atoms with E-state index in [0.29, 0.717) is 12.3 Å². The molecule has 74 valence electrons. The second-order valence-corrected chi connectivity index (χ2v) is 3.07. The molecule has 3 nitrogen and oxygen atoms in total. The van der Waals surface area contributed by atoms with Crippen molar-refractivity contribution in [3.63, 3.8) is 0 Å². The number of nitrogens with two attached hydrogens (primary N) is 1.